The number of rotatable bonds is 2. The molecule has 0 saturated carbocycles. The summed E-state index contributed by atoms with van der Waals surface area (Å²) in [5.41, 5.74) is 0. The molecule has 1 fully saturated rings. The Hall–Kier alpha value is 0.1000. The van der Waals surface area contributed by atoms with E-state index in [1.165, 1.54) is 8.66 Å². The van der Waals surface area contributed by atoms with Gasteiger partial charge in [0.05, 0.1) is 3.79 Å². The van der Waals surface area contributed by atoms with Crippen LogP contribution >= 0.6 is 27.3 Å². The van der Waals surface area contributed by atoms with Gasteiger partial charge in [0.2, 0.25) is 0 Å². The van der Waals surface area contributed by atoms with Crippen LogP contribution in [-0.4, -0.2) is 30.1 Å². The number of thiophene rings is 1. The fourth-order valence-corrected chi connectivity index (χ4v) is 3.75. The monoisotopic (exact) mass is 288 g/mol. The molecule has 2 atom stereocenters. The number of hydrogen-bond donors (Lipinski definition) is 1. The first-order valence-corrected chi connectivity index (χ1v) is 6.97. The number of nitrogens with one attached hydrogen (secondary N) is 1. The van der Waals surface area contributed by atoms with E-state index in [2.05, 4.69) is 52.1 Å². The van der Waals surface area contributed by atoms with E-state index in [4.69, 9.17) is 0 Å². The number of halogens is 1. The lowest BCUT2D eigenvalue weighted by Gasteiger charge is -2.35. The van der Waals surface area contributed by atoms with Crippen LogP contribution in [-0.2, 0) is 6.54 Å². The minimum Gasteiger partial charge on any atom is -0.309 e. The molecule has 0 radical (unpaired) electrons. The average molecular weight is 289 g/mol. The fourth-order valence-electron chi connectivity index (χ4n) is 2.23. The van der Waals surface area contributed by atoms with Gasteiger partial charge in [-0.15, -0.1) is 11.3 Å². The maximum absolute atomic E-state index is 3.55. The van der Waals surface area contributed by atoms with Crippen LogP contribution in [0.1, 0.15) is 18.7 Å². The van der Waals surface area contributed by atoms with E-state index < -0.39 is 0 Å². The average Bonchev–Trinajstić information content (AvgIpc) is 2.49. The summed E-state index contributed by atoms with van der Waals surface area (Å²) in [5.74, 6) is 0. The summed E-state index contributed by atoms with van der Waals surface area (Å²) in [4.78, 5) is 3.98. The van der Waals surface area contributed by atoms with Crippen molar-refractivity contribution in [1.82, 2.24) is 10.2 Å². The van der Waals surface area contributed by atoms with Gasteiger partial charge < -0.3 is 5.32 Å². The summed E-state index contributed by atoms with van der Waals surface area (Å²) in [7, 11) is 0. The van der Waals surface area contributed by atoms with E-state index in [9.17, 15) is 0 Å². The van der Waals surface area contributed by atoms with Crippen LogP contribution in [0.2, 0.25) is 0 Å². The Morgan fingerprint density at radius 1 is 1.40 bits per heavy atom. The molecule has 0 spiro atoms. The first-order valence-electron chi connectivity index (χ1n) is 5.36. The second kappa shape index (κ2) is 4.95. The minimum absolute atomic E-state index is 0.608. The Morgan fingerprint density at radius 2 is 2.07 bits per heavy atom. The van der Waals surface area contributed by atoms with Crippen LogP contribution in [0.3, 0.4) is 0 Å². The molecule has 2 nitrogen and oxygen atoms in total. The van der Waals surface area contributed by atoms with Gasteiger partial charge in [0.25, 0.3) is 0 Å². The van der Waals surface area contributed by atoms with Crippen molar-refractivity contribution in [2.45, 2.75) is 32.5 Å². The van der Waals surface area contributed by atoms with Crippen molar-refractivity contribution in [3.8, 4) is 0 Å². The Labute approximate surface area is 104 Å². The smallest absolute Gasteiger partial charge is 0.0701 e. The van der Waals surface area contributed by atoms with Gasteiger partial charge >= 0.3 is 0 Å². The lowest BCUT2D eigenvalue weighted by molar-refractivity contribution is 0.168. The normalized spacial score (nSPS) is 28.2. The van der Waals surface area contributed by atoms with Crippen molar-refractivity contribution < 1.29 is 0 Å². The summed E-state index contributed by atoms with van der Waals surface area (Å²) in [6.45, 7) is 7.91. The first kappa shape index (κ1) is 11.6. The zero-order valence-electron chi connectivity index (χ0n) is 9.16. The summed E-state index contributed by atoms with van der Waals surface area (Å²) in [6.07, 6.45) is 0. The highest BCUT2D eigenvalue weighted by Crippen LogP contribution is 2.23. The van der Waals surface area contributed by atoms with Crippen molar-refractivity contribution in [3.05, 3.63) is 20.8 Å². The van der Waals surface area contributed by atoms with Crippen LogP contribution in [0.5, 0.6) is 0 Å². The van der Waals surface area contributed by atoms with Crippen molar-refractivity contribution in [1.29, 1.82) is 0 Å². The van der Waals surface area contributed by atoms with E-state index in [0.29, 0.717) is 12.1 Å². The second-order valence-electron chi connectivity index (χ2n) is 4.37. The molecule has 2 rings (SSSR count). The van der Waals surface area contributed by atoms with E-state index in [-0.39, 0.29) is 0 Å². The van der Waals surface area contributed by atoms with E-state index in [1.54, 1.807) is 0 Å². The molecule has 1 aliphatic heterocycles. The standard InChI is InChI=1S/C11H17BrN2S/c1-8-5-14(6-9(2)13-8)7-10-3-4-11(12)15-10/h3-4,8-9,13H,5-7H2,1-2H3. The number of nitrogens with zero attached hydrogens (tertiary/aromatic N) is 1. The predicted molar refractivity (Wildman–Crippen MR) is 69.4 cm³/mol. The summed E-state index contributed by atoms with van der Waals surface area (Å²) < 4.78 is 1.23. The predicted octanol–water partition coefficient (Wildman–Crippen LogP) is 2.69. The van der Waals surface area contributed by atoms with Crippen molar-refractivity contribution >= 4 is 27.3 Å². The zero-order chi connectivity index (χ0) is 10.8. The lowest BCUT2D eigenvalue weighted by atomic mass is 10.1. The van der Waals surface area contributed by atoms with Gasteiger partial charge in [-0.1, -0.05) is 0 Å². The van der Waals surface area contributed by atoms with Gasteiger partial charge in [-0.3, -0.25) is 4.90 Å². The van der Waals surface area contributed by atoms with Crippen LogP contribution in [0.25, 0.3) is 0 Å². The third-order valence-electron chi connectivity index (χ3n) is 2.64. The van der Waals surface area contributed by atoms with Gasteiger partial charge in [-0.25, -0.2) is 0 Å². The van der Waals surface area contributed by atoms with Crippen molar-refractivity contribution in [2.75, 3.05) is 13.1 Å². The Balaban J connectivity index is 1.94. The summed E-state index contributed by atoms with van der Waals surface area (Å²) in [5, 5.41) is 3.55. The number of piperazine rings is 1. The third kappa shape index (κ3) is 3.28. The Morgan fingerprint density at radius 3 is 2.60 bits per heavy atom. The van der Waals surface area contributed by atoms with Gasteiger partial charge in [0.1, 0.15) is 0 Å². The zero-order valence-corrected chi connectivity index (χ0v) is 11.6. The third-order valence-corrected chi connectivity index (χ3v) is 4.25. The summed E-state index contributed by atoms with van der Waals surface area (Å²) >= 11 is 5.35. The molecule has 1 saturated heterocycles. The lowest BCUT2D eigenvalue weighted by Crippen LogP contribution is -2.53. The van der Waals surface area contributed by atoms with Crippen LogP contribution < -0.4 is 5.32 Å². The van der Waals surface area contributed by atoms with Gasteiger partial charge in [0, 0.05) is 36.6 Å². The molecule has 1 aliphatic rings. The fraction of sp³-hybridized carbons (Fsp3) is 0.636. The molecule has 0 aromatic carbocycles. The Kier molecular flexibility index (Phi) is 3.83. The molecule has 0 aliphatic carbocycles. The molecule has 0 bridgehead atoms. The highest BCUT2D eigenvalue weighted by molar-refractivity contribution is 9.11. The van der Waals surface area contributed by atoms with Crippen molar-refractivity contribution in [2.24, 2.45) is 0 Å². The maximum Gasteiger partial charge on any atom is 0.0701 e. The van der Waals surface area contributed by atoms with Gasteiger partial charge in [0.15, 0.2) is 0 Å². The molecular formula is C11H17BrN2S. The maximum atomic E-state index is 3.55. The SMILES string of the molecule is CC1CN(Cc2ccc(Br)s2)CC(C)N1. The first-order chi connectivity index (χ1) is 7.13. The van der Waals surface area contributed by atoms with Crippen LogP contribution in [0, 0.1) is 0 Å². The number of hydrogen-bond acceptors (Lipinski definition) is 3. The molecule has 1 aromatic heterocycles. The molecule has 4 heteroatoms. The van der Waals surface area contributed by atoms with Crippen LogP contribution in [0.15, 0.2) is 15.9 Å². The molecule has 15 heavy (non-hydrogen) atoms. The van der Waals surface area contributed by atoms with E-state index in [1.807, 2.05) is 11.3 Å². The topological polar surface area (TPSA) is 15.3 Å². The molecule has 1 aromatic rings. The highest BCUT2D eigenvalue weighted by Gasteiger charge is 2.20. The summed E-state index contributed by atoms with van der Waals surface area (Å²) in [6, 6.07) is 5.57. The second-order valence-corrected chi connectivity index (χ2v) is 6.92. The molecule has 1 N–H and O–H groups in total. The van der Waals surface area contributed by atoms with Gasteiger partial charge in [-0.05, 0) is 41.9 Å². The molecule has 84 valence electrons. The van der Waals surface area contributed by atoms with E-state index >= 15 is 0 Å². The largest absolute Gasteiger partial charge is 0.309 e. The van der Waals surface area contributed by atoms with Crippen LogP contribution in [0.4, 0.5) is 0 Å². The van der Waals surface area contributed by atoms with E-state index in [0.717, 1.165) is 19.6 Å². The molecule has 2 unspecified atom stereocenters. The van der Waals surface area contributed by atoms with Gasteiger partial charge in [-0.2, -0.15) is 0 Å². The molecule has 0 amide bonds. The quantitative estimate of drug-likeness (QED) is 0.900. The molecular weight excluding hydrogens is 272 g/mol. The van der Waals surface area contributed by atoms with Crippen molar-refractivity contribution in [3.63, 3.8) is 0 Å². The highest BCUT2D eigenvalue weighted by atomic mass is 79.9. The minimum atomic E-state index is 0.608. The molecule has 2 heterocycles. The Bertz CT molecular complexity index is 316.